The highest BCUT2D eigenvalue weighted by molar-refractivity contribution is 4.70. The van der Waals surface area contributed by atoms with Gasteiger partial charge in [0.2, 0.25) is 0 Å². The van der Waals surface area contributed by atoms with E-state index in [0.29, 0.717) is 6.54 Å². The lowest BCUT2D eigenvalue weighted by atomic mass is 9.98. The summed E-state index contributed by atoms with van der Waals surface area (Å²) in [7, 11) is 0. The number of aliphatic hydroxyl groups is 1. The maximum absolute atomic E-state index is 9.41. The first-order valence-corrected chi connectivity index (χ1v) is 6.36. The zero-order valence-electron chi connectivity index (χ0n) is 9.99. The molecule has 1 heterocycles. The van der Waals surface area contributed by atoms with Crippen molar-refractivity contribution >= 4 is 0 Å². The van der Waals surface area contributed by atoms with E-state index in [1.54, 1.807) is 0 Å². The number of nitrogens with zero attached hydrogens (tertiary/aromatic N) is 1. The molecule has 0 aliphatic carbocycles. The van der Waals surface area contributed by atoms with E-state index in [-0.39, 0.29) is 6.10 Å². The summed E-state index contributed by atoms with van der Waals surface area (Å²) in [6.45, 7) is 6.10. The third-order valence-electron chi connectivity index (χ3n) is 3.57. The average Bonchev–Trinajstić information content (AvgIpc) is 2.50. The molecule has 1 rings (SSSR count). The summed E-state index contributed by atoms with van der Waals surface area (Å²) in [4.78, 5) is 2.48. The van der Waals surface area contributed by atoms with Crippen LogP contribution in [0.1, 0.15) is 39.0 Å². The molecule has 2 unspecified atom stereocenters. The molecule has 0 bridgehead atoms. The van der Waals surface area contributed by atoms with Crippen LogP contribution in [0.2, 0.25) is 0 Å². The molecule has 0 aromatic rings. The molecular weight excluding hydrogens is 188 g/mol. The minimum Gasteiger partial charge on any atom is -0.392 e. The summed E-state index contributed by atoms with van der Waals surface area (Å²) in [6, 6.07) is 0. The number of hydrogen-bond acceptors (Lipinski definition) is 3. The van der Waals surface area contributed by atoms with Gasteiger partial charge < -0.3 is 15.7 Å². The Morgan fingerprint density at radius 2 is 2.20 bits per heavy atom. The second kappa shape index (κ2) is 7.20. The molecule has 0 aromatic heterocycles. The predicted octanol–water partition coefficient (Wildman–Crippen LogP) is 1.21. The number of nitrogens with two attached hydrogens (primary N) is 1. The minimum absolute atomic E-state index is 0.310. The fourth-order valence-electron chi connectivity index (χ4n) is 2.31. The van der Waals surface area contributed by atoms with Gasteiger partial charge >= 0.3 is 0 Å². The van der Waals surface area contributed by atoms with Crippen LogP contribution in [0.25, 0.3) is 0 Å². The molecule has 2 atom stereocenters. The van der Waals surface area contributed by atoms with E-state index in [9.17, 15) is 5.11 Å². The number of rotatable bonds is 5. The van der Waals surface area contributed by atoms with Gasteiger partial charge in [0.05, 0.1) is 6.10 Å². The molecule has 1 saturated heterocycles. The molecule has 0 radical (unpaired) electrons. The Morgan fingerprint density at radius 1 is 1.40 bits per heavy atom. The molecule has 90 valence electrons. The van der Waals surface area contributed by atoms with Crippen molar-refractivity contribution in [3.8, 4) is 0 Å². The van der Waals surface area contributed by atoms with Crippen molar-refractivity contribution < 1.29 is 5.11 Å². The average molecular weight is 214 g/mol. The van der Waals surface area contributed by atoms with Gasteiger partial charge in [-0.2, -0.15) is 0 Å². The Hall–Kier alpha value is -0.120. The zero-order chi connectivity index (χ0) is 11.1. The third kappa shape index (κ3) is 4.96. The summed E-state index contributed by atoms with van der Waals surface area (Å²) >= 11 is 0. The first-order chi connectivity index (χ1) is 7.26. The normalized spacial score (nSPS) is 26.2. The first kappa shape index (κ1) is 12.9. The lowest BCUT2D eigenvalue weighted by Gasteiger charge is -2.21. The molecule has 1 aliphatic rings. The highest BCUT2D eigenvalue weighted by Crippen LogP contribution is 2.20. The quantitative estimate of drug-likeness (QED) is 0.723. The van der Waals surface area contributed by atoms with Crippen molar-refractivity contribution in [2.24, 2.45) is 11.7 Å². The fourth-order valence-corrected chi connectivity index (χ4v) is 2.31. The highest BCUT2D eigenvalue weighted by Gasteiger charge is 2.15. The summed E-state index contributed by atoms with van der Waals surface area (Å²) < 4.78 is 0. The van der Waals surface area contributed by atoms with E-state index in [0.717, 1.165) is 18.9 Å². The molecule has 0 aromatic carbocycles. The smallest absolute Gasteiger partial charge is 0.0674 e. The zero-order valence-corrected chi connectivity index (χ0v) is 9.99. The Balaban J connectivity index is 2.19. The van der Waals surface area contributed by atoms with Crippen LogP contribution in [0.3, 0.4) is 0 Å². The summed E-state index contributed by atoms with van der Waals surface area (Å²) in [6.07, 6.45) is 5.86. The van der Waals surface area contributed by atoms with Gasteiger partial charge in [-0.3, -0.25) is 0 Å². The Morgan fingerprint density at radius 3 is 2.87 bits per heavy atom. The van der Waals surface area contributed by atoms with Gasteiger partial charge in [0.1, 0.15) is 0 Å². The Labute approximate surface area is 93.6 Å². The van der Waals surface area contributed by atoms with E-state index in [2.05, 4.69) is 11.8 Å². The van der Waals surface area contributed by atoms with Crippen molar-refractivity contribution in [1.29, 1.82) is 0 Å². The van der Waals surface area contributed by atoms with Crippen LogP contribution in [0, 0.1) is 5.92 Å². The van der Waals surface area contributed by atoms with Crippen molar-refractivity contribution in [3.05, 3.63) is 0 Å². The molecule has 3 N–H and O–H groups in total. The molecule has 0 amide bonds. The van der Waals surface area contributed by atoms with Gasteiger partial charge in [0.15, 0.2) is 0 Å². The Kier molecular flexibility index (Phi) is 6.22. The van der Waals surface area contributed by atoms with Crippen LogP contribution < -0.4 is 5.73 Å². The van der Waals surface area contributed by atoms with Crippen LogP contribution in [-0.4, -0.2) is 42.3 Å². The van der Waals surface area contributed by atoms with Gasteiger partial charge in [0, 0.05) is 13.1 Å². The lowest BCUT2D eigenvalue weighted by molar-refractivity contribution is 0.147. The number of aliphatic hydroxyl groups excluding tert-OH is 1. The first-order valence-electron chi connectivity index (χ1n) is 6.36. The molecule has 0 saturated carbocycles. The van der Waals surface area contributed by atoms with Crippen LogP contribution in [0.5, 0.6) is 0 Å². The molecular formula is C12H26N2O. The maximum atomic E-state index is 9.41. The number of likely N-dealkylation sites (tertiary alicyclic amines) is 1. The van der Waals surface area contributed by atoms with E-state index in [1.165, 1.54) is 38.8 Å². The summed E-state index contributed by atoms with van der Waals surface area (Å²) in [5.74, 6) is 0.925. The van der Waals surface area contributed by atoms with Gasteiger partial charge in [-0.1, -0.05) is 13.3 Å². The van der Waals surface area contributed by atoms with Gasteiger partial charge in [-0.25, -0.2) is 0 Å². The molecule has 15 heavy (non-hydrogen) atoms. The summed E-state index contributed by atoms with van der Waals surface area (Å²) in [5.41, 5.74) is 5.39. The highest BCUT2D eigenvalue weighted by atomic mass is 16.3. The topological polar surface area (TPSA) is 49.5 Å². The SMILES string of the molecule is CCC1CCCN(CCC(O)CN)CC1. The van der Waals surface area contributed by atoms with Crippen LogP contribution in [0.4, 0.5) is 0 Å². The Bertz CT molecular complexity index is 164. The van der Waals surface area contributed by atoms with E-state index in [4.69, 9.17) is 5.73 Å². The second-order valence-corrected chi connectivity index (χ2v) is 4.73. The van der Waals surface area contributed by atoms with Crippen molar-refractivity contribution in [1.82, 2.24) is 4.90 Å². The molecule has 3 nitrogen and oxygen atoms in total. The van der Waals surface area contributed by atoms with Crippen molar-refractivity contribution in [3.63, 3.8) is 0 Å². The van der Waals surface area contributed by atoms with Gasteiger partial charge in [-0.15, -0.1) is 0 Å². The third-order valence-corrected chi connectivity index (χ3v) is 3.57. The van der Waals surface area contributed by atoms with E-state index >= 15 is 0 Å². The largest absolute Gasteiger partial charge is 0.392 e. The monoisotopic (exact) mass is 214 g/mol. The minimum atomic E-state index is -0.310. The van der Waals surface area contributed by atoms with E-state index < -0.39 is 0 Å². The lowest BCUT2D eigenvalue weighted by Crippen LogP contribution is -2.30. The van der Waals surface area contributed by atoms with Crippen LogP contribution >= 0.6 is 0 Å². The van der Waals surface area contributed by atoms with Crippen molar-refractivity contribution in [2.75, 3.05) is 26.2 Å². The molecule has 1 fully saturated rings. The standard InChI is InChI=1S/C12H26N2O/c1-2-11-4-3-7-14(8-5-11)9-6-12(15)10-13/h11-12,15H,2-10,13H2,1H3. The summed E-state index contributed by atoms with van der Waals surface area (Å²) in [5, 5.41) is 9.41. The van der Waals surface area contributed by atoms with E-state index in [1.807, 2.05) is 0 Å². The molecule has 0 spiro atoms. The predicted molar refractivity (Wildman–Crippen MR) is 63.8 cm³/mol. The van der Waals surface area contributed by atoms with Crippen molar-refractivity contribution in [2.45, 2.75) is 45.1 Å². The second-order valence-electron chi connectivity index (χ2n) is 4.73. The van der Waals surface area contributed by atoms with Crippen LogP contribution in [0.15, 0.2) is 0 Å². The fraction of sp³-hybridized carbons (Fsp3) is 1.00. The van der Waals surface area contributed by atoms with Crippen LogP contribution in [-0.2, 0) is 0 Å². The van der Waals surface area contributed by atoms with Gasteiger partial charge in [0.25, 0.3) is 0 Å². The maximum Gasteiger partial charge on any atom is 0.0674 e. The number of hydrogen-bond donors (Lipinski definition) is 2. The molecule has 1 aliphatic heterocycles. The van der Waals surface area contributed by atoms with Gasteiger partial charge in [-0.05, 0) is 44.7 Å². The molecule has 3 heteroatoms.